The van der Waals surface area contributed by atoms with Gasteiger partial charge in [0.05, 0.1) is 34.8 Å². The number of allylic oxidation sites excluding steroid dienone is 2. The highest BCUT2D eigenvalue weighted by Crippen LogP contribution is 2.52. The standard InChI is InChI=1S/C36H40BF6NO5/c1-5-7-21(13-22-11-19(3)32(45)20(4)12-22)9-10-29-30-23(8-6-2)14-27-31(28(30)18-37(48)49-29)34(47)44(33(27)46)26-16-24(35(38,39)40)15-25(17-26)36(41,42)43/h11-13,15-17,27-29,31,45,48H,5-10,14,18H2,1-4H3/b21-13+/t27-,28+,29-,31-/m1/s1. The molecule has 264 valence electrons. The van der Waals surface area contributed by atoms with Crippen LogP contribution in [0.1, 0.15) is 86.6 Å². The molecular formula is C36H40BF6NO5. The number of aromatic hydroxyl groups is 1. The lowest BCUT2D eigenvalue weighted by Gasteiger charge is -2.43. The normalized spacial score (nSPS) is 23.4. The van der Waals surface area contributed by atoms with Gasteiger partial charge < -0.3 is 14.8 Å². The maximum Gasteiger partial charge on any atom is 0.455 e. The molecule has 0 saturated carbocycles. The monoisotopic (exact) mass is 691 g/mol. The van der Waals surface area contributed by atoms with Gasteiger partial charge in [-0.25, -0.2) is 4.90 Å². The van der Waals surface area contributed by atoms with Crippen molar-refractivity contribution in [1.29, 1.82) is 0 Å². The van der Waals surface area contributed by atoms with Crippen LogP contribution in [0.2, 0.25) is 6.32 Å². The van der Waals surface area contributed by atoms with Crippen molar-refractivity contribution in [2.75, 3.05) is 4.90 Å². The topological polar surface area (TPSA) is 87.1 Å². The number of phenols is 1. The Morgan fingerprint density at radius 3 is 2.08 bits per heavy atom. The zero-order valence-corrected chi connectivity index (χ0v) is 27.8. The molecule has 2 aromatic rings. The molecule has 49 heavy (non-hydrogen) atoms. The number of hydrogen-bond donors (Lipinski definition) is 2. The van der Waals surface area contributed by atoms with E-state index in [4.69, 9.17) is 4.65 Å². The summed E-state index contributed by atoms with van der Waals surface area (Å²) in [5.74, 6) is -4.22. The molecular weight excluding hydrogens is 651 g/mol. The third kappa shape index (κ3) is 7.48. The maximum atomic E-state index is 14.0. The van der Waals surface area contributed by atoms with Gasteiger partial charge in [-0.3, -0.25) is 9.59 Å². The van der Waals surface area contributed by atoms with Crippen molar-refractivity contribution in [2.45, 2.75) is 97.4 Å². The van der Waals surface area contributed by atoms with Gasteiger partial charge in [0.1, 0.15) is 5.75 Å². The Bertz CT molecular complexity index is 1630. The van der Waals surface area contributed by atoms with Gasteiger partial charge in [-0.1, -0.05) is 43.9 Å². The van der Waals surface area contributed by atoms with Crippen molar-refractivity contribution in [3.05, 3.63) is 74.9 Å². The summed E-state index contributed by atoms with van der Waals surface area (Å²) in [6.07, 6.45) is -4.84. The first-order chi connectivity index (χ1) is 22.9. The second-order valence-electron chi connectivity index (χ2n) is 13.4. The van der Waals surface area contributed by atoms with Gasteiger partial charge in [-0.2, -0.15) is 26.3 Å². The van der Waals surface area contributed by atoms with E-state index in [-0.39, 0.29) is 24.6 Å². The van der Waals surface area contributed by atoms with Gasteiger partial charge in [-0.05, 0) is 111 Å². The first-order valence-corrected chi connectivity index (χ1v) is 16.7. The van der Waals surface area contributed by atoms with Gasteiger partial charge >= 0.3 is 19.5 Å². The fourth-order valence-corrected chi connectivity index (χ4v) is 7.84. The van der Waals surface area contributed by atoms with Crippen LogP contribution in [-0.2, 0) is 26.6 Å². The second kappa shape index (κ2) is 14.0. The largest absolute Gasteiger partial charge is 0.507 e. The first-order valence-electron chi connectivity index (χ1n) is 16.7. The number of halogens is 6. The van der Waals surface area contributed by atoms with Gasteiger partial charge in [-0.15, -0.1) is 0 Å². The van der Waals surface area contributed by atoms with Crippen LogP contribution in [-0.4, -0.2) is 35.2 Å². The van der Waals surface area contributed by atoms with Gasteiger partial charge in [0.2, 0.25) is 11.8 Å². The summed E-state index contributed by atoms with van der Waals surface area (Å²) in [4.78, 5) is 28.3. The Kier molecular flexibility index (Phi) is 10.5. The van der Waals surface area contributed by atoms with E-state index in [1.807, 2.05) is 32.9 Å². The van der Waals surface area contributed by atoms with E-state index in [0.29, 0.717) is 42.7 Å². The molecule has 2 aromatic carbocycles. The van der Waals surface area contributed by atoms with E-state index >= 15 is 0 Å². The van der Waals surface area contributed by atoms with E-state index in [0.717, 1.165) is 46.3 Å². The first kappa shape index (κ1) is 36.7. The van der Waals surface area contributed by atoms with Crippen LogP contribution < -0.4 is 4.90 Å². The highest BCUT2D eigenvalue weighted by Gasteiger charge is 2.58. The Hall–Kier alpha value is -3.58. The number of anilines is 1. The molecule has 13 heteroatoms. The summed E-state index contributed by atoms with van der Waals surface area (Å²) in [5.41, 5.74) is 1.21. The lowest BCUT2D eigenvalue weighted by molar-refractivity contribution is -0.143. The smallest absolute Gasteiger partial charge is 0.455 e. The number of fused-ring (bicyclic) bond motifs is 3. The number of carbonyl (C=O) groups is 2. The number of aryl methyl sites for hydroxylation is 2. The number of rotatable bonds is 9. The lowest BCUT2D eigenvalue weighted by Crippen LogP contribution is -2.46. The zero-order valence-electron chi connectivity index (χ0n) is 27.8. The molecule has 1 aliphatic carbocycles. The molecule has 2 amide bonds. The molecule has 0 radical (unpaired) electrons. The van der Waals surface area contributed by atoms with Crippen LogP contribution in [0.15, 0.2) is 47.1 Å². The minimum Gasteiger partial charge on any atom is -0.507 e. The fraction of sp³-hybridized carbons (Fsp3) is 0.500. The second-order valence-corrected chi connectivity index (χ2v) is 13.4. The fourth-order valence-electron chi connectivity index (χ4n) is 7.84. The van der Waals surface area contributed by atoms with Crippen molar-refractivity contribution >= 4 is 30.7 Å². The van der Waals surface area contributed by atoms with Crippen molar-refractivity contribution in [3.63, 3.8) is 0 Å². The van der Waals surface area contributed by atoms with Crippen LogP contribution in [0.25, 0.3) is 6.08 Å². The van der Waals surface area contributed by atoms with Gasteiger partial charge in [0.15, 0.2) is 0 Å². The molecule has 2 N–H and O–H groups in total. The molecule has 2 heterocycles. The van der Waals surface area contributed by atoms with Crippen LogP contribution in [0, 0.1) is 31.6 Å². The van der Waals surface area contributed by atoms with Crippen LogP contribution in [0.3, 0.4) is 0 Å². The molecule has 3 aliphatic rings. The quantitative estimate of drug-likeness (QED) is 0.119. The minimum absolute atomic E-state index is 0.0345. The molecule has 0 unspecified atom stereocenters. The molecule has 2 fully saturated rings. The van der Waals surface area contributed by atoms with Crippen LogP contribution in [0.5, 0.6) is 5.75 Å². The Labute approximate surface area is 282 Å². The summed E-state index contributed by atoms with van der Waals surface area (Å²) < 4.78 is 88.2. The Morgan fingerprint density at radius 1 is 0.918 bits per heavy atom. The van der Waals surface area contributed by atoms with Gasteiger partial charge in [0, 0.05) is 0 Å². The molecule has 2 aliphatic heterocycles. The third-order valence-corrected chi connectivity index (χ3v) is 9.87. The highest BCUT2D eigenvalue weighted by atomic mass is 19.4. The molecule has 4 atom stereocenters. The Balaban J connectivity index is 1.49. The van der Waals surface area contributed by atoms with Crippen molar-refractivity contribution in [3.8, 4) is 5.75 Å². The third-order valence-electron chi connectivity index (χ3n) is 9.87. The number of phenolic OH excluding ortho intramolecular Hbond substituents is 1. The predicted molar refractivity (Wildman–Crippen MR) is 173 cm³/mol. The minimum atomic E-state index is -5.15. The zero-order chi connectivity index (χ0) is 36.0. The van der Waals surface area contributed by atoms with Crippen LogP contribution in [0.4, 0.5) is 32.0 Å². The molecule has 0 spiro atoms. The SMILES string of the molecule is CCCC1=C2[C@@H](CC/C(=C/c3cc(C)c(O)c(C)c3)CCC)OB(O)C[C@@H]2[C@@H]2C(=O)N(c3cc(C(F)(F)F)cc(C(F)(F)F)c3)C(=O)[C@@H]2C1. The summed E-state index contributed by atoms with van der Waals surface area (Å²) in [6, 6.07) is 4.57. The number of imide groups is 1. The number of alkyl halides is 6. The summed E-state index contributed by atoms with van der Waals surface area (Å²) in [7, 11) is -1.29. The van der Waals surface area contributed by atoms with E-state index in [1.165, 1.54) is 0 Å². The summed E-state index contributed by atoms with van der Waals surface area (Å²) in [6.45, 7) is 7.65. The number of hydrogen-bond acceptors (Lipinski definition) is 5. The number of carbonyl (C=O) groups excluding carboxylic acids is 2. The average molecular weight is 692 g/mol. The van der Waals surface area contributed by atoms with Crippen molar-refractivity contribution < 1.29 is 50.7 Å². The maximum absolute atomic E-state index is 14.0. The summed E-state index contributed by atoms with van der Waals surface area (Å²) in [5, 5.41) is 21.1. The molecule has 0 aromatic heterocycles. The van der Waals surface area contributed by atoms with E-state index in [9.17, 15) is 46.1 Å². The molecule has 5 rings (SSSR count). The Morgan fingerprint density at radius 2 is 1.53 bits per heavy atom. The number of benzene rings is 2. The lowest BCUT2D eigenvalue weighted by atomic mass is 9.58. The molecule has 0 bridgehead atoms. The van der Waals surface area contributed by atoms with E-state index < -0.39 is 72.0 Å². The number of nitrogens with zero attached hydrogens (tertiary/aromatic N) is 1. The highest BCUT2D eigenvalue weighted by molar-refractivity contribution is 6.43. The van der Waals surface area contributed by atoms with Gasteiger partial charge in [0.25, 0.3) is 0 Å². The van der Waals surface area contributed by atoms with Crippen molar-refractivity contribution in [1.82, 2.24) is 0 Å². The van der Waals surface area contributed by atoms with E-state index in [1.54, 1.807) is 0 Å². The summed E-state index contributed by atoms with van der Waals surface area (Å²) >= 11 is 0. The average Bonchev–Trinajstić information content (AvgIpc) is 3.26. The van der Waals surface area contributed by atoms with E-state index in [2.05, 4.69) is 13.0 Å². The molecule has 6 nitrogen and oxygen atoms in total. The van der Waals surface area contributed by atoms with Crippen molar-refractivity contribution in [2.24, 2.45) is 17.8 Å². The molecule has 2 saturated heterocycles. The number of amides is 2. The predicted octanol–water partition coefficient (Wildman–Crippen LogP) is 8.81. The van der Waals surface area contributed by atoms with Crippen LogP contribution >= 0.6 is 0 Å².